The van der Waals surface area contributed by atoms with Gasteiger partial charge in [0, 0.05) is 0 Å². The number of carbonyl (C=O) groups is 1. The number of benzene rings is 1. The van der Waals surface area contributed by atoms with Crippen LogP contribution in [-0.2, 0) is 11.2 Å². The first-order valence-corrected chi connectivity index (χ1v) is 4.82. The highest BCUT2D eigenvalue weighted by Gasteiger charge is 2.11. The van der Waals surface area contributed by atoms with E-state index in [0.717, 1.165) is 16.7 Å². The van der Waals surface area contributed by atoms with Crippen molar-refractivity contribution in [1.82, 2.24) is 0 Å². The maximum atomic E-state index is 10.7. The number of hydrogen-bond acceptors (Lipinski definition) is 1. The summed E-state index contributed by atoms with van der Waals surface area (Å²) in [6, 6.07) is 5.95. The van der Waals surface area contributed by atoms with Gasteiger partial charge in [-0.1, -0.05) is 32.0 Å². The number of rotatable bonds is 3. The van der Waals surface area contributed by atoms with E-state index in [1.165, 1.54) is 0 Å². The van der Waals surface area contributed by atoms with Crippen molar-refractivity contribution >= 4 is 5.97 Å². The Bertz CT molecular complexity index is 340. The molecule has 1 aromatic rings. The van der Waals surface area contributed by atoms with Crippen molar-refractivity contribution in [2.75, 3.05) is 0 Å². The lowest BCUT2D eigenvalue weighted by atomic mass is 9.92. The van der Waals surface area contributed by atoms with Gasteiger partial charge < -0.3 is 5.11 Å². The predicted molar refractivity (Wildman–Crippen MR) is 56.6 cm³/mol. The van der Waals surface area contributed by atoms with Gasteiger partial charge in [0.1, 0.15) is 0 Å². The summed E-state index contributed by atoms with van der Waals surface area (Å²) < 4.78 is 0. The molecule has 1 N–H and O–H groups in total. The molecule has 2 heteroatoms. The van der Waals surface area contributed by atoms with E-state index in [0.29, 0.717) is 5.92 Å². The smallest absolute Gasteiger partial charge is 0.307 e. The molecule has 0 fully saturated rings. The van der Waals surface area contributed by atoms with Gasteiger partial charge in [-0.3, -0.25) is 4.79 Å². The first-order chi connectivity index (χ1) is 6.52. The second kappa shape index (κ2) is 4.27. The first kappa shape index (κ1) is 10.8. The van der Waals surface area contributed by atoms with Crippen LogP contribution in [0.1, 0.15) is 36.5 Å². The Morgan fingerprint density at radius 1 is 1.43 bits per heavy atom. The highest BCUT2D eigenvalue weighted by molar-refractivity contribution is 5.71. The van der Waals surface area contributed by atoms with Crippen molar-refractivity contribution in [1.29, 1.82) is 0 Å². The quantitative estimate of drug-likeness (QED) is 0.799. The molecule has 2 nitrogen and oxygen atoms in total. The van der Waals surface area contributed by atoms with Gasteiger partial charge in [-0.2, -0.15) is 0 Å². The van der Waals surface area contributed by atoms with Crippen molar-refractivity contribution in [3.8, 4) is 0 Å². The van der Waals surface area contributed by atoms with E-state index < -0.39 is 5.97 Å². The zero-order valence-electron chi connectivity index (χ0n) is 8.87. The van der Waals surface area contributed by atoms with Crippen LogP contribution >= 0.6 is 0 Å². The molecule has 0 aliphatic rings. The zero-order chi connectivity index (χ0) is 10.7. The number of hydrogen-bond donors (Lipinski definition) is 1. The fraction of sp³-hybridized carbons (Fsp3) is 0.417. The lowest BCUT2D eigenvalue weighted by molar-refractivity contribution is -0.136. The average Bonchev–Trinajstić information content (AvgIpc) is 2.07. The molecule has 0 spiro atoms. The standard InChI is InChI=1S/C12H16O2/c1-8(2)10-6-4-5-9(3)11(10)7-12(13)14/h4-6,8H,7H2,1-3H3,(H,13,14). The Morgan fingerprint density at radius 3 is 2.57 bits per heavy atom. The molecular formula is C12H16O2. The summed E-state index contributed by atoms with van der Waals surface area (Å²) >= 11 is 0. The largest absolute Gasteiger partial charge is 0.481 e. The molecule has 1 aromatic carbocycles. The predicted octanol–water partition coefficient (Wildman–Crippen LogP) is 2.75. The lowest BCUT2D eigenvalue weighted by Gasteiger charge is -2.13. The molecule has 0 aromatic heterocycles. The number of aliphatic carboxylic acids is 1. The fourth-order valence-corrected chi connectivity index (χ4v) is 1.66. The second-order valence-corrected chi connectivity index (χ2v) is 3.87. The van der Waals surface area contributed by atoms with E-state index in [2.05, 4.69) is 13.8 Å². The summed E-state index contributed by atoms with van der Waals surface area (Å²) in [6.07, 6.45) is 0.125. The van der Waals surface area contributed by atoms with E-state index in [1.54, 1.807) is 0 Å². The topological polar surface area (TPSA) is 37.3 Å². The summed E-state index contributed by atoms with van der Waals surface area (Å²) in [6.45, 7) is 6.13. The summed E-state index contributed by atoms with van der Waals surface area (Å²) in [7, 11) is 0. The van der Waals surface area contributed by atoms with Gasteiger partial charge in [0.15, 0.2) is 0 Å². The Morgan fingerprint density at radius 2 is 2.07 bits per heavy atom. The molecule has 0 amide bonds. The van der Waals surface area contributed by atoms with Crippen molar-refractivity contribution in [3.05, 3.63) is 34.9 Å². The van der Waals surface area contributed by atoms with E-state index in [4.69, 9.17) is 5.11 Å². The van der Waals surface area contributed by atoms with Crippen LogP contribution in [0.4, 0.5) is 0 Å². The first-order valence-electron chi connectivity index (χ1n) is 4.82. The Kier molecular flexibility index (Phi) is 3.28. The van der Waals surface area contributed by atoms with Gasteiger partial charge in [0.05, 0.1) is 6.42 Å². The molecule has 0 aliphatic carbocycles. The third kappa shape index (κ3) is 2.34. The highest BCUT2D eigenvalue weighted by Crippen LogP contribution is 2.22. The van der Waals surface area contributed by atoms with Crippen LogP contribution in [-0.4, -0.2) is 11.1 Å². The van der Waals surface area contributed by atoms with E-state index in [9.17, 15) is 4.79 Å². The number of aryl methyl sites for hydroxylation is 1. The van der Waals surface area contributed by atoms with Crippen molar-refractivity contribution in [2.45, 2.75) is 33.1 Å². The SMILES string of the molecule is Cc1cccc(C(C)C)c1CC(=O)O. The van der Waals surface area contributed by atoms with E-state index in [1.807, 2.05) is 25.1 Å². The van der Waals surface area contributed by atoms with E-state index >= 15 is 0 Å². The molecule has 0 bridgehead atoms. The zero-order valence-corrected chi connectivity index (χ0v) is 8.87. The monoisotopic (exact) mass is 192 g/mol. The van der Waals surface area contributed by atoms with Gasteiger partial charge in [0.2, 0.25) is 0 Å². The Hall–Kier alpha value is -1.31. The van der Waals surface area contributed by atoms with Crippen molar-refractivity contribution < 1.29 is 9.90 Å². The molecule has 0 saturated carbocycles. The van der Waals surface area contributed by atoms with Gasteiger partial charge in [0.25, 0.3) is 0 Å². The van der Waals surface area contributed by atoms with Crippen LogP contribution in [0, 0.1) is 6.92 Å². The van der Waals surface area contributed by atoms with Crippen LogP contribution < -0.4 is 0 Å². The minimum absolute atomic E-state index is 0.125. The molecule has 0 aliphatic heterocycles. The summed E-state index contributed by atoms with van der Waals surface area (Å²) in [5, 5.41) is 8.80. The average molecular weight is 192 g/mol. The van der Waals surface area contributed by atoms with Gasteiger partial charge in [-0.05, 0) is 29.5 Å². The van der Waals surface area contributed by atoms with Crippen molar-refractivity contribution in [2.24, 2.45) is 0 Å². The van der Waals surface area contributed by atoms with Gasteiger partial charge >= 0.3 is 5.97 Å². The van der Waals surface area contributed by atoms with Gasteiger partial charge in [-0.15, -0.1) is 0 Å². The third-order valence-corrected chi connectivity index (χ3v) is 2.40. The minimum atomic E-state index is -0.763. The van der Waals surface area contributed by atoms with Crippen molar-refractivity contribution in [3.63, 3.8) is 0 Å². The molecule has 0 atom stereocenters. The van der Waals surface area contributed by atoms with Crippen LogP contribution in [0.2, 0.25) is 0 Å². The minimum Gasteiger partial charge on any atom is -0.481 e. The summed E-state index contributed by atoms with van der Waals surface area (Å²) in [5.74, 6) is -0.384. The Balaban J connectivity index is 3.15. The maximum Gasteiger partial charge on any atom is 0.307 e. The lowest BCUT2D eigenvalue weighted by Crippen LogP contribution is -2.06. The number of carboxylic acid groups (broad SMARTS) is 1. The molecule has 0 radical (unpaired) electrons. The Labute approximate surface area is 84.6 Å². The van der Waals surface area contributed by atoms with Gasteiger partial charge in [-0.25, -0.2) is 0 Å². The highest BCUT2D eigenvalue weighted by atomic mass is 16.4. The van der Waals surface area contributed by atoms with Crippen LogP contribution in [0.25, 0.3) is 0 Å². The van der Waals surface area contributed by atoms with Crippen LogP contribution in [0.15, 0.2) is 18.2 Å². The van der Waals surface area contributed by atoms with E-state index in [-0.39, 0.29) is 6.42 Å². The van der Waals surface area contributed by atoms with Crippen LogP contribution in [0.5, 0.6) is 0 Å². The normalized spacial score (nSPS) is 10.6. The molecule has 14 heavy (non-hydrogen) atoms. The molecular weight excluding hydrogens is 176 g/mol. The summed E-state index contributed by atoms with van der Waals surface area (Å²) in [5.41, 5.74) is 3.18. The fourth-order valence-electron chi connectivity index (χ4n) is 1.66. The molecule has 0 heterocycles. The molecule has 0 saturated heterocycles. The molecule has 1 rings (SSSR count). The summed E-state index contributed by atoms with van der Waals surface area (Å²) in [4.78, 5) is 10.7. The third-order valence-electron chi connectivity index (χ3n) is 2.40. The second-order valence-electron chi connectivity index (χ2n) is 3.87. The molecule has 0 unspecified atom stereocenters. The maximum absolute atomic E-state index is 10.7. The number of carboxylic acids is 1. The molecule has 76 valence electrons. The van der Waals surface area contributed by atoms with Crippen LogP contribution in [0.3, 0.4) is 0 Å².